The van der Waals surface area contributed by atoms with E-state index in [9.17, 15) is 22.4 Å². The fourth-order valence-corrected chi connectivity index (χ4v) is 1.13. The van der Waals surface area contributed by atoms with Crippen molar-refractivity contribution < 1.29 is 27.1 Å². The van der Waals surface area contributed by atoms with Crippen LogP contribution < -0.4 is 0 Å². The zero-order valence-corrected chi connectivity index (χ0v) is 6.60. The van der Waals surface area contributed by atoms with Gasteiger partial charge in [-0.2, -0.15) is 13.2 Å². The van der Waals surface area contributed by atoms with Gasteiger partial charge in [0.25, 0.3) is 6.17 Å². The molecule has 1 fully saturated rings. The van der Waals surface area contributed by atoms with Gasteiger partial charge in [-0.3, -0.25) is 4.79 Å². The van der Waals surface area contributed by atoms with E-state index in [1.165, 1.54) is 0 Å². The van der Waals surface area contributed by atoms with E-state index < -0.39 is 24.2 Å². The molecule has 6 heteroatoms. The van der Waals surface area contributed by atoms with Gasteiger partial charge in [0.15, 0.2) is 0 Å². The molecule has 0 aromatic carbocycles. The van der Waals surface area contributed by atoms with Gasteiger partial charge in [0, 0.05) is 6.61 Å². The van der Waals surface area contributed by atoms with E-state index in [-0.39, 0.29) is 13.0 Å². The van der Waals surface area contributed by atoms with Gasteiger partial charge in [-0.05, 0) is 12.8 Å². The van der Waals surface area contributed by atoms with Crippen molar-refractivity contribution in [1.29, 1.82) is 0 Å². The summed E-state index contributed by atoms with van der Waals surface area (Å²) >= 11 is 0. The monoisotopic (exact) mass is 200 g/mol. The van der Waals surface area contributed by atoms with Crippen LogP contribution in [0.2, 0.25) is 0 Å². The van der Waals surface area contributed by atoms with Crippen LogP contribution >= 0.6 is 0 Å². The molecular weight excluding hydrogens is 192 g/mol. The molecule has 0 amide bonds. The second-order valence-corrected chi connectivity index (χ2v) is 2.81. The van der Waals surface area contributed by atoms with Crippen LogP contribution in [0.25, 0.3) is 0 Å². The topological polar surface area (TPSA) is 26.3 Å². The number of halogens is 4. The molecule has 0 aliphatic carbocycles. The molecule has 1 aliphatic rings. The van der Waals surface area contributed by atoms with Crippen LogP contribution in [0.3, 0.4) is 0 Å². The summed E-state index contributed by atoms with van der Waals surface area (Å²) in [6.45, 7) is 0.223. The summed E-state index contributed by atoms with van der Waals surface area (Å²) in [6, 6.07) is 0. The maximum atomic E-state index is 12.4. The molecule has 0 spiro atoms. The lowest BCUT2D eigenvalue weighted by atomic mass is 10.1. The lowest BCUT2D eigenvalue weighted by molar-refractivity contribution is -0.190. The molecule has 0 aromatic heterocycles. The number of alkyl halides is 4. The first-order valence-corrected chi connectivity index (χ1v) is 3.79. The third-order valence-corrected chi connectivity index (χ3v) is 1.78. The highest BCUT2D eigenvalue weighted by Crippen LogP contribution is 2.27. The van der Waals surface area contributed by atoms with Gasteiger partial charge in [-0.25, -0.2) is 4.39 Å². The summed E-state index contributed by atoms with van der Waals surface area (Å²) in [4.78, 5) is 10.8. The molecule has 2 nitrogen and oxygen atoms in total. The Labute approximate surface area is 71.9 Å². The van der Waals surface area contributed by atoms with Crippen LogP contribution in [0.4, 0.5) is 17.6 Å². The number of carbonyl (C=O) groups excluding carboxylic acids is 1. The molecule has 0 N–H and O–H groups in total. The molecule has 2 unspecified atom stereocenters. The van der Waals surface area contributed by atoms with Gasteiger partial charge >= 0.3 is 6.18 Å². The fraction of sp³-hybridized carbons (Fsp3) is 0.857. The van der Waals surface area contributed by atoms with Crippen LogP contribution in [0, 0.1) is 0 Å². The predicted octanol–water partition coefficient (Wildman–Crippen LogP) is 1.63. The highest BCUT2D eigenvalue weighted by molar-refractivity contribution is 5.88. The number of carbonyl (C=O) groups is 1. The SMILES string of the molecule is O=C(C1CCCO1)C(F)C(F)(F)F. The van der Waals surface area contributed by atoms with Crippen molar-refractivity contribution in [2.24, 2.45) is 0 Å². The lowest BCUT2D eigenvalue weighted by Crippen LogP contribution is -2.39. The molecule has 1 aliphatic heterocycles. The van der Waals surface area contributed by atoms with Crippen molar-refractivity contribution in [3.63, 3.8) is 0 Å². The third-order valence-electron chi connectivity index (χ3n) is 1.78. The number of Topliss-reactive ketones (excluding diaryl/α,β-unsaturated/α-hetero) is 1. The zero-order chi connectivity index (χ0) is 10.1. The summed E-state index contributed by atoms with van der Waals surface area (Å²) in [5.74, 6) is -1.51. The Morgan fingerprint density at radius 1 is 1.46 bits per heavy atom. The van der Waals surface area contributed by atoms with E-state index in [1.54, 1.807) is 0 Å². The Balaban J connectivity index is 2.56. The number of rotatable bonds is 2. The number of hydrogen-bond donors (Lipinski definition) is 0. The minimum absolute atomic E-state index is 0.176. The Morgan fingerprint density at radius 3 is 2.46 bits per heavy atom. The van der Waals surface area contributed by atoms with Crippen molar-refractivity contribution in [3.05, 3.63) is 0 Å². The van der Waals surface area contributed by atoms with Crippen LogP contribution in [0.5, 0.6) is 0 Å². The van der Waals surface area contributed by atoms with E-state index in [0.717, 1.165) is 0 Å². The van der Waals surface area contributed by atoms with E-state index in [1.807, 2.05) is 0 Å². The van der Waals surface area contributed by atoms with Crippen LogP contribution in [0.15, 0.2) is 0 Å². The Kier molecular flexibility index (Phi) is 2.90. The Hall–Kier alpha value is -0.650. The average Bonchev–Trinajstić information content (AvgIpc) is 2.51. The molecule has 13 heavy (non-hydrogen) atoms. The smallest absolute Gasteiger partial charge is 0.370 e. The van der Waals surface area contributed by atoms with Gasteiger partial charge in [0.1, 0.15) is 6.10 Å². The molecule has 0 bridgehead atoms. The van der Waals surface area contributed by atoms with Crippen molar-refractivity contribution in [2.75, 3.05) is 6.61 Å². The first kappa shape index (κ1) is 10.4. The standard InChI is InChI=1S/C7H8F4O2/c8-6(7(9,10)11)5(12)4-2-1-3-13-4/h4,6H,1-3H2. The largest absolute Gasteiger partial charge is 0.426 e. The molecular formula is C7H8F4O2. The lowest BCUT2D eigenvalue weighted by Gasteiger charge is -2.14. The van der Waals surface area contributed by atoms with Crippen molar-refractivity contribution >= 4 is 5.78 Å². The van der Waals surface area contributed by atoms with E-state index in [2.05, 4.69) is 4.74 Å². The highest BCUT2D eigenvalue weighted by atomic mass is 19.4. The first-order valence-electron chi connectivity index (χ1n) is 3.79. The van der Waals surface area contributed by atoms with Crippen LogP contribution in [-0.4, -0.2) is 30.8 Å². The van der Waals surface area contributed by atoms with E-state index >= 15 is 0 Å². The second-order valence-electron chi connectivity index (χ2n) is 2.81. The number of ether oxygens (including phenoxy) is 1. The van der Waals surface area contributed by atoms with Gasteiger partial charge in [0.05, 0.1) is 0 Å². The second kappa shape index (κ2) is 3.61. The molecule has 1 heterocycles. The maximum Gasteiger partial charge on any atom is 0.426 e. The van der Waals surface area contributed by atoms with Crippen LogP contribution in [0.1, 0.15) is 12.8 Å². The van der Waals surface area contributed by atoms with Gasteiger partial charge < -0.3 is 4.74 Å². The highest BCUT2D eigenvalue weighted by Gasteiger charge is 2.48. The van der Waals surface area contributed by atoms with Crippen molar-refractivity contribution in [2.45, 2.75) is 31.3 Å². The van der Waals surface area contributed by atoms with Crippen molar-refractivity contribution in [3.8, 4) is 0 Å². The Morgan fingerprint density at radius 2 is 2.08 bits per heavy atom. The van der Waals surface area contributed by atoms with Crippen molar-refractivity contribution in [1.82, 2.24) is 0 Å². The molecule has 1 saturated heterocycles. The molecule has 0 saturated carbocycles. The summed E-state index contributed by atoms with van der Waals surface area (Å²) < 4.78 is 52.1. The first-order chi connectivity index (χ1) is 5.93. The summed E-state index contributed by atoms with van der Waals surface area (Å²) in [5, 5.41) is 0. The number of ketones is 1. The molecule has 2 atom stereocenters. The molecule has 1 rings (SSSR count). The van der Waals surface area contributed by atoms with Gasteiger partial charge in [0.2, 0.25) is 5.78 Å². The predicted molar refractivity (Wildman–Crippen MR) is 34.9 cm³/mol. The number of hydrogen-bond acceptors (Lipinski definition) is 2. The average molecular weight is 200 g/mol. The van der Waals surface area contributed by atoms with E-state index in [4.69, 9.17) is 0 Å². The maximum absolute atomic E-state index is 12.4. The summed E-state index contributed by atoms with van der Waals surface area (Å²) in [6.07, 6.45) is -9.05. The summed E-state index contributed by atoms with van der Waals surface area (Å²) in [5.41, 5.74) is 0. The van der Waals surface area contributed by atoms with Crippen LogP contribution in [-0.2, 0) is 9.53 Å². The molecule has 0 aromatic rings. The fourth-order valence-electron chi connectivity index (χ4n) is 1.13. The van der Waals surface area contributed by atoms with E-state index in [0.29, 0.717) is 6.42 Å². The summed E-state index contributed by atoms with van der Waals surface area (Å²) in [7, 11) is 0. The van der Waals surface area contributed by atoms with Gasteiger partial charge in [-0.15, -0.1) is 0 Å². The zero-order valence-electron chi connectivity index (χ0n) is 6.60. The minimum Gasteiger partial charge on any atom is -0.370 e. The van der Waals surface area contributed by atoms with Gasteiger partial charge in [-0.1, -0.05) is 0 Å². The normalized spacial score (nSPS) is 26.0. The third kappa shape index (κ3) is 2.40. The molecule has 0 radical (unpaired) electrons. The quantitative estimate of drug-likeness (QED) is 0.633. The minimum atomic E-state index is -5.11. The molecule has 76 valence electrons. The Bertz CT molecular complexity index is 195.